The smallest absolute Gasteiger partial charge is 0.407 e. The van der Waals surface area contributed by atoms with Crippen LogP contribution in [0.4, 0.5) is 4.79 Å². The van der Waals surface area contributed by atoms with Crippen LogP contribution < -0.4 is 4.74 Å². The number of benzene rings is 2. The van der Waals surface area contributed by atoms with Crippen LogP contribution in [0, 0.1) is 23.7 Å². The van der Waals surface area contributed by atoms with Gasteiger partial charge in [0.2, 0.25) is 0 Å². The number of carboxylic acid groups (broad SMARTS) is 1. The maximum atomic E-state index is 11.9. The van der Waals surface area contributed by atoms with Crippen LogP contribution in [0.25, 0.3) is 21.1 Å². The molecule has 0 spiro atoms. The highest BCUT2D eigenvalue weighted by molar-refractivity contribution is 7.17. The first kappa shape index (κ1) is 24.7. The summed E-state index contributed by atoms with van der Waals surface area (Å²) in [7, 11) is 0. The molecule has 1 atom stereocenters. The number of fused-ring (bicyclic) bond motifs is 1. The Bertz CT molecular complexity index is 1320. The zero-order valence-corrected chi connectivity index (χ0v) is 21.7. The highest BCUT2D eigenvalue weighted by Gasteiger charge is 2.39. The van der Waals surface area contributed by atoms with Gasteiger partial charge in [0.25, 0.3) is 0 Å². The van der Waals surface area contributed by atoms with E-state index in [0.717, 1.165) is 32.3 Å². The Balaban J connectivity index is 1.71. The maximum absolute atomic E-state index is 11.9. The number of nitrogens with zero attached hydrogens (tertiary/aromatic N) is 4. The van der Waals surface area contributed by atoms with Crippen molar-refractivity contribution >= 4 is 17.4 Å². The molecule has 1 aliphatic rings. The Morgan fingerprint density at radius 2 is 1.94 bits per heavy atom. The van der Waals surface area contributed by atoms with Gasteiger partial charge in [0.1, 0.15) is 21.8 Å². The van der Waals surface area contributed by atoms with Gasteiger partial charge in [0.05, 0.1) is 17.7 Å². The van der Waals surface area contributed by atoms with E-state index >= 15 is 0 Å². The van der Waals surface area contributed by atoms with E-state index in [2.05, 4.69) is 50.0 Å². The quantitative estimate of drug-likeness (QED) is 0.450. The fraction of sp³-hybridized carbons (Fsp3) is 0.407. The van der Waals surface area contributed by atoms with E-state index in [4.69, 9.17) is 4.74 Å². The Kier molecular flexibility index (Phi) is 6.56. The molecule has 0 saturated heterocycles. The van der Waals surface area contributed by atoms with Gasteiger partial charge in [-0.05, 0) is 67.5 Å². The SMILES string of the molecule is Cc1c(-c2nnc(-c3ccc(OC(C)C)c(C#N)c3)s2)ccc2c1CCN(C(=O)O)C2C(C)(C)C. The van der Waals surface area contributed by atoms with Crippen molar-refractivity contribution in [1.29, 1.82) is 5.26 Å². The molecule has 7 nitrogen and oxygen atoms in total. The van der Waals surface area contributed by atoms with E-state index in [0.29, 0.717) is 24.3 Å². The van der Waals surface area contributed by atoms with Gasteiger partial charge in [-0.3, -0.25) is 0 Å². The minimum atomic E-state index is -0.882. The predicted octanol–water partition coefficient (Wildman–Crippen LogP) is 6.46. The number of hydrogen-bond donors (Lipinski definition) is 1. The highest BCUT2D eigenvalue weighted by Crippen LogP contribution is 2.45. The largest absolute Gasteiger partial charge is 0.490 e. The molecule has 2 aromatic carbocycles. The zero-order valence-electron chi connectivity index (χ0n) is 20.9. The zero-order chi connectivity index (χ0) is 25.5. The van der Waals surface area contributed by atoms with Gasteiger partial charge >= 0.3 is 6.09 Å². The van der Waals surface area contributed by atoms with Gasteiger partial charge < -0.3 is 14.7 Å². The first-order chi connectivity index (χ1) is 16.5. The molecule has 1 aromatic heterocycles. The van der Waals surface area contributed by atoms with Crippen molar-refractivity contribution in [2.24, 2.45) is 5.41 Å². The van der Waals surface area contributed by atoms with Crippen molar-refractivity contribution < 1.29 is 14.6 Å². The molecule has 4 rings (SSSR count). The number of amides is 1. The molecule has 182 valence electrons. The topological polar surface area (TPSA) is 99.3 Å². The van der Waals surface area contributed by atoms with Crippen LogP contribution in [0.2, 0.25) is 0 Å². The van der Waals surface area contributed by atoms with Crippen molar-refractivity contribution in [3.8, 4) is 33.0 Å². The normalized spacial score (nSPS) is 15.6. The summed E-state index contributed by atoms with van der Waals surface area (Å²) >= 11 is 1.48. The molecule has 0 bridgehead atoms. The van der Waals surface area contributed by atoms with Gasteiger partial charge in [-0.25, -0.2) is 4.79 Å². The Hall–Kier alpha value is -3.44. The second-order valence-corrected chi connectivity index (χ2v) is 11.2. The summed E-state index contributed by atoms with van der Waals surface area (Å²) in [5, 5.41) is 29.7. The van der Waals surface area contributed by atoms with Crippen LogP contribution in [-0.4, -0.2) is 38.9 Å². The number of nitriles is 1. The first-order valence-electron chi connectivity index (χ1n) is 11.7. The van der Waals surface area contributed by atoms with E-state index in [9.17, 15) is 15.2 Å². The molecular formula is C27H30N4O3S. The van der Waals surface area contributed by atoms with Gasteiger partial charge in [-0.1, -0.05) is 44.2 Å². The summed E-state index contributed by atoms with van der Waals surface area (Å²) in [4.78, 5) is 13.5. The van der Waals surface area contributed by atoms with E-state index in [-0.39, 0.29) is 17.6 Å². The molecule has 1 amide bonds. The Morgan fingerprint density at radius 3 is 2.57 bits per heavy atom. The predicted molar refractivity (Wildman–Crippen MR) is 137 cm³/mol. The summed E-state index contributed by atoms with van der Waals surface area (Å²) in [5.41, 5.74) is 5.43. The number of hydrogen-bond acceptors (Lipinski definition) is 6. The van der Waals surface area contributed by atoms with Crippen molar-refractivity contribution in [2.75, 3.05) is 6.54 Å². The van der Waals surface area contributed by atoms with Crippen molar-refractivity contribution in [3.63, 3.8) is 0 Å². The van der Waals surface area contributed by atoms with E-state index in [1.807, 2.05) is 26.0 Å². The molecule has 1 unspecified atom stereocenters. The lowest BCUT2D eigenvalue weighted by Gasteiger charge is -2.43. The third kappa shape index (κ3) is 4.73. The fourth-order valence-corrected chi connectivity index (χ4v) is 5.74. The summed E-state index contributed by atoms with van der Waals surface area (Å²) in [5.74, 6) is 0.560. The van der Waals surface area contributed by atoms with Crippen LogP contribution in [0.15, 0.2) is 30.3 Å². The Labute approximate surface area is 210 Å². The second-order valence-electron chi connectivity index (χ2n) is 10.2. The highest BCUT2D eigenvalue weighted by atomic mass is 32.1. The van der Waals surface area contributed by atoms with Gasteiger partial charge in [0.15, 0.2) is 0 Å². The molecule has 35 heavy (non-hydrogen) atoms. The van der Waals surface area contributed by atoms with Crippen LogP contribution in [-0.2, 0) is 6.42 Å². The molecule has 0 radical (unpaired) electrons. The summed E-state index contributed by atoms with van der Waals surface area (Å²) in [6.07, 6.45) is -0.233. The number of carbonyl (C=O) groups is 1. The molecule has 2 heterocycles. The van der Waals surface area contributed by atoms with Crippen LogP contribution in [0.1, 0.15) is 62.9 Å². The monoisotopic (exact) mass is 490 g/mol. The summed E-state index contributed by atoms with van der Waals surface area (Å²) in [6, 6.07) is 11.6. The molecule has 0 aliphatic carbocycles. The third-order valence-electron chi connectivity index (χ3n) is 6.27. The lowest BCUT2D eigenvalue weighted by Crippen LogP contribution is -2.44. The summed E-state index contributed by atoms with van der Waals surface area (Å²) < 4.78 is 5.73. The summed E-state index contributed by atoms with van der Waals surface area (Å²) in [6.45, 7) is 12.6. The number of aromatic nitrogens is 2. The molecular weight excluding hydrogens is 460 g/mol. The molecule has 3 aromatic rings. The molecule has 0 saturated carbocycles. The van der Waals surface area contributed by atoms with E-state index in [1.165, 1.54) is 16.9 Å². The third-order valence-corrected chi connectivity index (χ3v) is 7.28. The van der Waals surface area contributed by atoms with Gasteiger partial charge in [-0.15, -0.1) is 10.2 Å². The lowest BCUT2D eigenvalue weighted by atomic mass is 9.75. The number of rotatable bonds is 4. The van der Waals surface area contributed by atoms with Crippen molar-refractivity contribution in [2.45, 2.75) is 60.1 Å². The van der Waals surface area contributed by atoms with Crippen molar-refractivity contribution in [1.82, 2.24) is 15.1 Å². The Morgan fingerprint density at radius 1 is 1.23 bits per heavy atom. The minimum Gasteiger partial charge on any atom is -0.490 e. The van der Waals surface area contributed by atoms with Crippen molar-refractivity contribution in [3.05, 3.63) is 52.6 Å². The molecule has 1 N–H and O–H groups in total. The first-order valence-corrected chi connectivity index (χ1v) is 12.5. The molecule has 1 aliphatic heterocycles. The molecule has 8 heteroatoms. The van der Waals surface area contributed by atoms with Gasteiger partial charge in [-0.2, -0.15) is 5.26 Å². The average molecular weight is 491 g/mol. The van der Waals surface area contributed by atoms with E-state index < -0.39 is 6.09 Å². The minimum absolute atomic E-state index is 0.0199. The second kappa shape index (κ2) is 9.31. The maximum Gasteiger partial charge on any atom is 0.407 e. The number of ether oxygens (including phenoxy) is 1. The standard InChI is InChI=1S/C27H30N4O3S/c1-15(2)34-22-10-7-17(13-18(22)14-28)24-29-30-25(35-24)20-8-9-21-19(16(20)3)11-12-31(26(32)33)23(21)27(4,5)6/h7-10,13,15,23H,11-12H2,1-6H3,(H,32,33). The van der Waals surface area contributed by atoms with Crippen LogP contribution in [0.5, 0.6) is 5.75 Å². The average Bonchev–Trinajstić information content (AvgIpc) is 3.27. The lowest BCUT2D eigenvalue weighted by molar-refractivity contribution is 0.0758. The fourth-order valence-electron chi connectivity index (χ4n) is 4.82. The van der Waals surface area contributed by atoms with Crippen LogP contribution in [0.3, 0.4) is 0 Å². The van der Waals surface area contributed by atoms with E-state index in [1.54, 1.807) is 17.0 Å². The molecule has 0 fully saturated rings. The van der Waals surface area contributed by atoms with Crippen LogP contribution >= 0.6 is 11.3 Å². The van der Waals surface area contributed by atoms with Gasteiger partial charge in [0, 0.05) is 17.7 Å².